The molecule has 0 aliphatic heterocycles. The molecule has 1 heterocycles. The lowest BCUT2D eigenvalue weighted by molar-refractivity contribution is 0.0695. The lowest BCUT2D eigenvalue weighted by Gasteiger charge is -2.13. The second kappa shape index (κ2) is 7.18. The second-order valence-corrected chi connectivity index (χ2v) is 6.67. The number of carbonyl (C=O) groups is 2. The van der Waals surface area contributed by atoms with Crippen LogP contribution in [0, 0.1) is 6.92 Å². The third kappa shape index (κ3) is 3.41. The van der Waals surface area contributed by atoms with Crippen molar-refractivity contribution in [3.63, 3.8) is 0 Å². The monoisotopic (exact) mass is 367 g/mol. The van der Waals surface area contributed by atoms with Crippen LogP contribution in [-0.2, 0) is 0 Å². The fourth-order valence-electron chi connectivity index (χ4n) is 3.04. The number of aromatic carboxylic acids is 1. The van der Waals surface area contributed by atoms with E-state index in [0.29, 0.717) is 21.8 Å². The van der Waals surface area contributed by atoms with Crippen molar-refractivity contribution in [2.24, 2.45) is 0 Å². The Morgan fingerprint density at radius 3 is 2.38 bits per heavy atom. The van der Waals surface area contributed by atoms with Crippen LogP contribution in [0.2, 0.25) is 5.02 Å². The number of hydrogen-bond donors (Lipinski definition) is 2. The highest BCUT2D eigenvalue weighted by molar-refractivity contribution is 6.30. The molecule has 0 saturated carbocycles. The van der Waals surface area contributed by atoms with Crippen LogP contribution < -0.4 is 0 Å². The van der Waals surface area contributed by atoms with Crippen molar-refractivity contribution in [3.05, 3.63) is 93.3 Å². The summed E-state index contributed by atoms with van der Waals surface area (Å²) in [6.45, 7) is 3.78. The number of aromatic nitrogens is 1. The van der Waals surface area contributed by atoms with E-state index < -0.39 is 5.97 Å². The summed E-state index contributed by atoms with van der Waals surface area (Å²) in [5, 5.41) is 9.98. The third-order valence-electron chi connectivity index (χ3n) is 4.49. The van der Waals surface area contributed by atoms with E-state index >= 15 is 0 Å². The van der Waals surface area contributed by atoms with Crippen molar-refractivity contribution in [2.75, 3.05) is 0 Å². The average Bonchev–Trinajstić information content (AvgIpc) is 3.02. The first-order valence-electron chi connectivity index (χ1n) is 8.20. The summed E-state index contributed by atoms with van der Waals surface area (Å²) in [6, 6.07) is 15.5. The van der Waals surface area contributed by atoms with Gasteiger partial charge in [0.25, 0.3) is 0 Å². The zero-order chi connectivity index (χ0) is 18.8. The number of halogens is 1. The molecule has 5 heteroatoms. The summed E-state index contributed by atoms with van der Waals surface area (Å²) >= 11 is 5.88. The molecule has 0 fully saturated rings. The zero-order valence-corrected chi connectivity index (χ0v) is 15.2. The van der Waals surface area contributed by atoms with E-state index in [4.69, 9.17) is 11.6 Å². The van der Waals surface area contributed by atoms with Gasteiger partial charge in [0.1, 0.15) is 0 Å². The second-order valence-electron chi connectivity index (χ2n) is 6.23. The smallest absolute Gasteiger partial charge is 0.335 e. The van der Waals surface area contributed by atoms with Crippen LogP contribution in [0.5, 0.6) is 0 Å². The highest BCUT2D eigenvalue weighted by Crippen LogP contribution is 2.28. The predicted octanol–water partition coefficient (Wildman–Crippen LogP) is 5.06. The summed E-state index contributed by atoms with van der Waals surface area (Å²) in [6.07, 6.45) is 0. The van der Waals surface area contributed by atoms with E-state index in [1.165, 1.54) is 0 Å². The first kappa shape index (κ1) is 18.0. The first-order valence-corrected chi connectivity index (χ1v) is 8.58. The minimum absolute atomic E-state index is 0.121. The molecular weight excluding hydrogens is 350 g/mol. The molecular formula is C21H18ClNO3. The zero-order valence-electron chi connectivity index (χ0n) is 14.4. The van der Waals surface area contributed by atoms with E-state index in [1.807, 2.05) is 26.0 Å². The van der Waals surface area contributed by atoms with Crippen molar-refractivity contribution >= 4 is 23.4 Å². The summed E-state index contributed by atoms with van der Waals surface area (Å²) in [4.78, 5) is 27.4. The molecule has 0 amide bonds. The Morgan fingerprint density at radius 2 is 1.73 bits per heavy atom. The largest absolute Gasteiger partial charge is 0.478 e. The molecule has 0 radical (unpaired) electrons. The van der Waals surface area contributed by atoms with Crippen LogP contribution in [0.25, 0.3) is 0 Å². The number of hydrogen-bond acceptors (Lipinski definition) is 2. The number of carbonyl (C=O) groups excluding carboxylic acids is 1. The van der Waals surface area contributed by atoms with Gasteiger partial charge in [0, 0.05) is 22.2 Å². The van der Waals surface area contributed by atoms with Gasteiger partial charge in [-0.3, -0.25) is 4.79 Å². The first-order chi connectivity index (χ1) is 12.4. The molecule has 0 bridgehead atoms. The Labute approximate surface area is 156 Å². The number of aryl methyl sites for hydroxylation is 1. The van der Waals surface area contributed by atoms with Crippen LogP contribution in [0.15, 0.2) is 54.6 Å². The molecule has 2 aromatic carbocycles. The lowest BCUT2D eigenvalue weighted by atomic mass is 9.93. The van der Waals surface area contributed by atoms with E-state index in [1.54, 1.807) is 42.5 Å². The predicted molar refractivity (Wildman–Crippen MR) is 101 cm³/mol. The van der Waals surface area contributed by atoms with E-state index in [-0.39, 0.29) is 17.3 Å². The average molecular weight is 368 g/mol. The Kier molecular flexibility index (Phi) is 4.96. The van der Waals surface area contributed by atoms with Gasteiger partial charge < -0.3 is 10.1 Å². The molecule has 3 aromatic rings. The number of aromatic amines is 1. The topological polar surface area (TPSA) is 70.2 Å². The number of rotatable bonds is 5. The van der Waals surface area contributed by atoms with E-state index in [0.717, 1.165) is 11.3 Å². The Balaban J connectivity index is 1.97. The van der Waals surface area contributed by atoms with Crippen LogP contribution in [0.4, 0.5) is 0 Å². The number of H-pyrrole nitrogens is 1. The number of carboxylic acids is 1. The quantitative estimate of drug-likeness (QED) is 0.619. The van der Waals surface area contributed by atoms with Crippen LogP contribution in [0.3, 0.4) is 0 Å². The van der Waals surface area contributed by atoms with E-state index in [9.17, 15) is 14.7 Å². The highest BCUT2D eigenvalue weighted by Gasteiger charge is 2.21. The maximum atomic E-state index is 12.8. The molecule has 2 N–H and O–H groups in total. The van der Waals surface area contributed by atoms with Gasteiger partial charge in [0.15, 0.2) is 0 Å². The number of carboxylic acid groups (broad SMARTS) is 1. The summed E-state index contributed by atoms with van der Waals surface area (Å²) < 4.78 is 0. The van der Waals surface area contributed by atoms with Crippen LogP contribution >= 0.6 is 11.6 Å². The van der Waals surface area contributed by atoms with Gasteiger partial charge in [0.05, 0.1) is 11.3 Å². The van der Waals surface area contributed by atoms with Crippen molar-refractivity contribution < 1.29 is 14.7 Å². The Morgan fingerprint density at radius 1 is 1.08 bits per heavy atom. The van der Waals surface area contributed by atoms with Gasteiger partial charge in [-0.25, -0.2) is 4.79 Å². The van der Waals surface area contributed by atoms with Crippen molar-refractivity contribution in [1.29, 1.82) is 0 Å². The maximum absolute atomic E-state index is 12.8. The molecule has 0 saturated heterocycles. The minimum atomic E-state index is -0.965. The SMILES string of the molecule is Cc1cc(C(C)c2ccccc2C(=O)O)[nH]c1C(=O)c1ccc(Cl)cc1. The normalized spacial score (nSPS) is 12.0. The van der Waals surface area contributed by atoms with Gasteiger partial charge in [-0.2, -0.15) is 0 Å². The molecule has 26 heavy (non-hydrogen) atoms. The van der Waals surface area contributed by atoms with Gasteiger partial charge in [-0.05, 0) is 54.4 Å². The van der Waals surface area contributed by atoms with Gasteiger partial charge in [0.2, 0.25) is 5.78 Å². The number of nitrogens with one attached hydrogen (secondary N) is 1. The molecule has 0 spiro atoms. The van der Waals surface area contributed by atoms with Crippen LogP contribution in [-0.4, -0.2) is 21.8 Å². The molecule has 1 atom stereocenters. The minimum Gasteiger partial charge on any atom is -0.478 e. The fraction of sp³-hybridized carbons (Fsp3) is 0.143. The highest BCUT2D eigenvalue weighted by atomic mass is 35.5. The third-order valence-corrected chi connectivity index (χ3v) is 4.75. The Bertz CT molecular complexity index is 973. The summed E-state index contributed by atoms with van der Waals surface area (Å²) in [5.41, 5.74) is 3.63. The maximum Gasteiger partial charge on any atom is 0.335 e. The van der Waals surface area contributed by atoms with Crippen molar-refractivity contribution in [1.82, 2.24) is 4.98 Å². The summed E-state index contributed by atoms with van der Waals surface area (Å²) in [5.74, 6) is -1.27. The van der Waals surface area contributed by atoms with Gasteiger partial charge >= 0.3 is 5.97 Å². The molecule has 132 valence electrons. The van der Waals surface area contributed by atoms with Crippen molar-refractivity contribution in [2.45, 2.75) is 19.8 Å². The molecule has 1 unspecified atom stereocenters. The number of ketones is 1. The Hall–Kier alpha value is -2.85. The standard InChI is InChI=1S/C21H18ClNO3/c1-12-11-18(13(2)16-5-3-4-6-17(16)21(25)26)23-19(12)20(24)14-7-9-15(22)10-8-14/h3-11,13,23H,1-2H3,(H,25,26). The fourth-order valence-corrected chi connectivity index (χ4v) is 3.16. The molecule has 1 aromatic heterocycles. The van der Waals surface area contributed by atoms with E-state index in [2.05, 4.69) is 4.98 Å². The molecule has 4 nitrogen and oxygen atoms in total. The molecule has 0 aliphatic carbocycles. The van der Waals surface area contributed by atoms with Crippen molar-refractivity contribution in [3.8, 4) is 0 Å². The van der Waals surface area contributed by atoms with Gasteiger partial charge in [-0.1, -0.05) is 36.7 Å². The lowest BCUT2D eigenvalue weighted by Crippen LogP contribution is -2.07. The number of benzene rings is 2. The van der Waals surface area contributed by atoms with Gasteiger partial charge in [-0.15, -0.1) is 0 Å². The summed E-state index contributed by atoms with van der Waals surface area (Å²) in [7, 11) is 0. The molecule has 0 aliphatic rings. The van der Waals surface area contributed by atoms with Crippen LogP contribution in [0.1, 0.15) is 56.1 Å². The molecule has 3 rings (SSSR count).